The van der Waals surface area contributed by atoms with E-state index in [0.717, 1.165) is 18.4 Å². The van der Waals surface area contributed by atoms with Crippen LogP contribution >= 0.6 is 0 Å². The van der Waals surface area contributed by atoms with E-state index in [1.165, 1.54) is 46.0 Å². The van der Waals surface area contributed by atoms with E-state index in [1.54, 1.807) is 0 Å². The van der Waals surface area contributed by atoms with Gasteiger partial charge in [-0.05, 0) is 12.8 Å². The van der Waals surface area contributed by atoms with Gasteiger partial charge in [0.2, 0.25) is 0 Å². The monoisotopic (exact) mass is 284 g/mol. The van der Waals surface area contributed by atoms with Gasteiger partial charge in [-0.25, -0.2) is 0 Å². The van der Waals surface area contributed by atoms with Gasteiger partial charge in [0.25, 0.3) is 0 Å². The van der Waals surface area contributed by atoms with Crippen molar-refractivity contribution in [1.29, 1.82) is 0 Å². The normalized spacial score (nSPS) is 9.95. The van der Waals surface area contributed by atoms with Gasteiger partial charge in [-0.3, -0.25) is 9.59 Å². The van der Waals surface area contributed by atoms with Gasteiger partial charge in [0.15, 0.2) is 0 Å². The fraction of sp³-hybridized carbons (Fsp3) is 0.750. The Morgan fingerprint density at radius 3 is 1.85 bits per heavy atom. The number of hydrogen-bond donors (Lipinski definition) is 0. The van der Waals surface area contributed by atoms with Crippen molar-refractivity contribution in [2.24, 2.45) is 0 Å². The summed E-state index contributed by atoms with van der Waals surface area (Å²) in [7, 11) is 0. The first-order chi connectivity index (χ1) is 9.56. The minimum Gasteiger partial charge on any atom is -0.461 e. The summed E-state index contributed by atoms with van der Waals surface area (Å²) in [6.07, 6.45) is 10.4. The predicted octanol–water partition coefficient (Wildman–Crippen LogP) is 3.79. The maximum atomic E-state index is 10.8. The van der Waals surface area contributed by atoms with E-state index >= 15 is 0 Å². The predicted molar refractivity (Wildman–Crippen MR) is 79.3 cm³/mol. The van der Waals surface area contributed by atoms with E-state index in [1.807, 2.05) is 6.08 Å². The summed E-state index contributed by atoms with van der Waals surface area (Å²) in [6.45, 7) is 5.37. The lowest BCUT2D eigenvalue weighted by Gasteiger charge is -2.08. The molecule has 0 spiro atoms. The Bertz CT molecular complexity index is 288. The number of rotatable bonds is 11. The van der Waals surface area contributed by atoms with E-state index < -0.39 is 0 Å². The molecule has 0 radical (unpaired) electrons. The minimum atomic E-state index is -0.321. The molecule has 0 bridgehead atoms. The SMILES string of the molecule is CCCCCCCCC=C(COC(C)=O)COC(C)=O. The van der Waals surface area contributed by atoms with Crippen LogP contribution in [0, 0.1) is 0 Å². The van der Waals surface area contributed by atoms with Crippen LogP contribution < -0.4 is 0 Å². The fourth-order valence-corrected chi connectivity index (χ4v) is 1.78. The van der Waals surface area contributed by atoms with Gasteiger partial charge in [-0.2, -0.15) is 0 Å². The number of allylic oxidation sites excluding steroid dienone is 1. The molecular formula is C16H28O4. The Balaban J connectivity index is 3.93. The maximum absolute atomic E-state index is 10.8. The number of esters is 2. The van der Waals surface area contributed by atoms with E-state index in [-0.39, 0.29) is 25.2 Å². The highest BCUT2D eigenvalue weighted by Gasteiger charge is 2.03. The van der Waals surface area contributed by atoms with Crippen molar-refractivity contribution < 1.29 is 19.1 Å². The lowest BCUT2D eigenvalue weighted by molar-refractivity contribution is -0.141. The smallest absolute Gasteiger partial charge is 0.302 e. The second-order valence-electron chi connectivity index (χ2n) is 4.98. The van der Waals surface area contributed by atoms with Gasteiger partial charge in [0.1, 0.15) is 13.2 Å². The summed E-state index contributed by atoms with van der Waals surface area (Å²) >= 11 is 0. The molecule has 4 heteroatoms. The van der Waals surface area contributed by atoms with Crippen LogP contribution in [0.3, 0.4) is 0 Å². The molecule has 0 aromatic heterocycles. The molecule has 0 N–H and O–H groups in total. The molecule has 0 amide bonds. The zero-order valence-corrected chi connectivity index (χ0v) is 13.1. The van der Waals surface area contributed by atoms with Crippen LogP contribution in [0.2, 0.25) is 0 Å². The van der Waals surface area contributed by atoms with Gasteiger partial charge in [0.05, 0.1) is 0 Å². The molecule has 0 rings (SSSR count). The zero-order chi connectivity index (χ0) is 15.2. The average Bonchev–Trinajstić information content (AvgIpc) is 2.39. The highest BCUT2D eigenvalue weighted by atomic mass is 16.5. The first-order valence-electron chi connectivity index (χ1n) is 7.50. The zero-order valence-electron chi connectivity index (χ0n) is 13.1. The Labute approximate surface area is 122 Å². The second-order valence-corrected chi connectivity index (χ2v) is 4.98. The Kier molecular flexibility index (Phi) is 11.9. The third-order valence-corrected chi connectivity index (χ3v) is 2.91. The largest absolute Gasteiger partial charge is 0.461 e. The van der Waals surface area contributed by atoms with E-state index in [4.69, 9.17) is 9.47 Å². The molecule has 0 saturated heterocycles. The molecule has 0 aromatic rings. The Morgan fingerprint density at radius 1 is 0.850 bits per heavy atom. The molecule has 0 unspecified atom stereocenters. The summed E-state index contributed by atoms with van der Waals surface area (Å²) in [5, 5.41) is 0. The molecular weight excluding hydrogens is 256 g/mol. The van der Waals surface area contributed by atoms with Gasteiger partial charge in [0, 0.05) is 19.4 Å². The van der Waals surface area contributed by atoms with E-state index in [2.05, 4.69) is 6.92 Å². The van der Waals surface area contributed by atoms with Crippen LogP contribution in [-0.2, 0) is 19.1 Å². The summed E-state index contributed by atoms with van der Waals surface area (Å²) in [4.78, 5) is 21.6. The number of carbonyl (C=O) groups excluding carboxylic acids is 2. The van der Waals surface area contributed by atoms with Crippen LogP contribution in [0.5, 0.6) is 0 Å². The molecule has 0 saturated carbocycles. The third-order valence-electron chi connectivity index (χ3n) is 2.91. The molecule has 116 valence electrons. The minimum absolute atomic E-state index is 0.207. The van der Waals surface area contributed by atoms with Gasteiger partial charge in [-0.15, -0.1) is 0 Å². The van der Waals surface area contributed by atoms with Crippen LogP contribution in [0.25, 0.3) is 0 Å². The third kappa shape index (κ3) is 13.1. The van der Waals surface area contributed by atoms with Crippen LogP contribution in [0.15, 0.2) is 11.6 Å². The van der Waals surface area contributed by atoms with Gasteiger partial charge >= 0.3 is 11.9 Å². The van der Waals surface area contributed by atoms with Crippen molar-refractivity contribution >= 4 is 11.9 Å². The van der Waals surface area contributed by atoms with Crippen LogP contribution in [-0.4, -0.2) is 25.2 Å². The maximum Gasteiger partial charge on any atom is 0.302 e. The number of carbonyl (C=O) groups is 2. The second kappa shape index (κ2) is 12.7. The van der Waals surface area contributed by atoms with Crippen molar-refractivity contribution in [2.75, 3.05) is 13.2 Å². The first-order valence-corrected chi connectivity index (χ1v) is 7.50. The molecule has 0 aliphatic carbocycles. The Morgan fingerprint density at radius 2 is 1.35 bits per heavy atom. The number of unbranched alkanes of at least 4 members (excludes halogenated alkanes) is 6. The van der Waals surface area contributed by atoms with Crippen LogP contribution in [0.1, 0.15) is 65.7 Å². The standard InChI is InChI=1S/C16H28O4/c1-4-5-6-7-8-9-10-11-16(12-19-14(2)17)13-20-15(3)18/h11H,4-10,12-13H2,1-3H3. The highest BCUT2D eigenvalue weighted by molar-refractivity contribution is 5.66. The van der Waals surface area contributed by atoms with Crippen LogP contribution in [0.4, 0.5) is 0 Å². The van der Waals surface area contributed by atoms with Crippen molar-refractivity contribution in [3.63, 3.8) is 0 Å². The number of ether oxygens (including phenoxy) is 2. The molecule has 0 aliphatic rings. The highest BCUT2D eigenvalue weighted by Crippen LogP contribution is 2.09. The fourth-order valence-electron chi connectivity index (χ4n) is 1.78. The van der Waals surface area contributed by atoms with Crippen molar-refractivity contribution in [2.45, 2.75) is 65.7 Å². The molecule has 20 heavy (non-hydrogen) atoms. The molecule has 0 heterocycles. The molecule has 0 atom stereocenters. The van der Waals surface area contributed by atoms with E-state index in [0.29, 0.717) is 0 Å². The van der Waals surface area contributed by atoms with Crippen molar-refractivity contribution in [1.82, 2.24) is 0 Å². The Hall–Kier alpha value is -1.32. The topological polar surface area (TPSA) is 52.6 Å². The molecule has 4 nitrogen and oxygen atoms in total. The average molecular weight is 284 g/mol. The quantitative estimate of drug-likeness (QED) is 0.329. The lowest BCUT2D eigenvalue weighted by Crippen LogP contribution is -2.10. The molecule has 0 aromatic carbocycles. The summed E-state index contributed by atoms with van der Waals surface area (Å²) in [6, 6.07) is 0. The van der Waals surface area contributed by atoms with Gasteiger partial charge in [-0.1, -0.05) is 45.1 Å². The summed E-state index contributed by atoms with van der Waals surface area (Å²) in [5.74, 6) is -0.642. The lowest BCUT2D eigenvalue weighted by atomic mass is 10.1. The first kappa shape index (κ1) is 18.7. The van der Waals surface area contributed by atoms with E-state index in [9.17, 15) is 9.59 Å². The summed E-state index contributed by atoms with van der Waals surface area (Å²) in [5.41, 5.74) is 0.851. The van der Waals surface area contributed by atoms with Crippen molar-refractivity contribution in [3.05, 3.63) is 11.6 Å². The van der Waals surface area contributed by atoms with Gasteiger partial charge < -0.3 is 9.47 Å². The molecule has 0 aliphatic heterocycles. The number of hydrogen-bond acceptors (Lipinski definition) is 4. The molecule has 0 fully saturated rings. The summed E-state index contributed by atoms with van der Waals surface area (Å²) < 4.78 is 9.90. The van der Waals surface area contributed by atoms with Crippen molar-refractivity contribution in [3.8, 4) is 0 Å².